The van der Waals surface area contributed by atoms with Crippen molar-refractivity contribution >= 4 is 17.4 Å². The van der Waals surface area contributed by atoms with Crippen LogP contribution in [0.3, 0.4) is 0 Å². The first-order chi connectivity index (χ1) is 10.5. The molecule has 0 spiro atoms. The van der Waals surface area contributed by atoms with Crippen LogP contribution < -0.4 is 0 Å². The summed E-state index contributed by atoms with van der Waals surface area (Å²) in [7, 11) is 0. The van der Waals surface area contributed by atoms with Gasteiger partial charge in [0.25, 0.3) is 5.69 Å². The molecule has 0 aliphatic carbocycles. The second-order valence-corrected chi connectivity index (χ2v) is 4.51. The molecule has 1 aromatic carbocycles. The predicted octanol–water partition coefficient (Wildman–Crippen LogP) is 2.19. The Morgan fingerprint density at radius 2 is 1.86 bits per heavy atom. The van der Waals surface area contributed by atoms with Gasteiger partial charge in [-0.1, -0.05) is 0 Å². The standard InChI is InChI=1S/C15H14N2O5/c1-2-22-14(18)10-16-8-7-12(9-16)15(19)11-3-5-13(6-4-11)17(20)21/h3-9H,2,10H2,1H3. The molecular weight excluding hydrogens is 288 g/mol. The fraction of sp³-hybridized carbons (Fsp3) is 0.200. The maximum Gasteiger partial charge on any atom is 0.325 e. The summed E-state index contributed by atoms with van der Waals surface area (Å²) in [6, 6.07) is 6.96. The minimum atomic E-state index is -0.524. The molecule has 7 nitrogen and oxygen atoms in total. The van der Waals surface area contributed by atoms with Crippen molar-refractivity contribution in [3.8, 4) is 0 Å². The lowest BCUT2D eigenvalue weighted by molar-refractivity contribution is -0.384. The Kier molecular flexibility index (Phi) is 4.67. The smallest absolute Gasteiger partial charge is 0.325 e. The van der Waals surface area contributed by atoms with Gasteiger partial charge in [0.05, 0.1) is 11.5 Å². The highest BCUT2D eigenvalue weighted by Gasteiger charge is 2.13. The summed E-state index contributed by atoms with van der Waals surface area (Å²) in [6.45, 7) is 2.05. The van der Waals surface area contributed by atoms with E-state index >= 15 is 0 Å². The summed E-state index contributed by atoms with van der Waals surface area (Å²) >= 11 is 0. The minimum absolute atomic E-state index is 0.0291. The first-order valence-electron chi connectivity index (χ1n) is 6.62. The summed E-state index contributed by atoms with van der Waals surface area (Å²) in [6.07, 6.45) is 3.15. The number of non-ortho nitro benzene ring substituents is 1. The number of rotatable bonds is 6. The van der Waals surface area contributed by atoms with Crippen LogP contribution in [0.2, 0.25) is 0 Å². The second kappa shape index (κ2) is 6.66. The van der Waals surface area contributed by atoms with E-state index in [1.54, 1.807) is 30.0 Å². The van der Waals surface area contributed by atoms with Gasteiger partial charge in [-0.2, -0.15) is 0 Å². The molecule has 0 unspecified atom stereocenters. The molecule has 0 aliphatic heterocycles. The average molecular weight is 302 g/mol. The molecule has 114 valence electrons. The van der Waals surface area contributed by atoms with Crippen molar-refractivity contribution in [3.63, 3.8) is 0 Å². The van der Waals surface area contributed by atoms with Gasteiger partial charge in [0.2, 0.25) is 0 Å². The van der Waals surface area contributed by atoms with Crippen LogP contribution in [0.25, 0.3) is 0 Å². The molecule has 2 aromatic rings. The summed E-state index contributed by atoms with van der Waals surface area (Å²) in [5.41, 5.74) is 0.675. The zero-order chi connectivity index (χ0) is 16.1. The third kappa shape index (κ3) is 3.57. The highest BCUT2D eigenvalue weighted by atomic mass is 16.6. The number of nitro groups is 1. The molecule has 0 saturated heterocycles. The van der Waals surface area contributed by atoms with Crippen molar-refractivity contribution < 1.29 is 19.2 Å². The molecule has 0 aliphatic rings. The van der Waals surface area contributed by atoms with Crippen molar-refractivity contribution in [2.24, 2.45) is 0 Å². The molecule has 0 fully saturated rings. The van der Waals surface area contributed by atoms with Gasteiger partial charge < -0.3 is 9.30 Å². The zero-order valence-electron chi connectivity index (χ0n) is 11.9. The van der Waals surface area contributed by atoms with Crippen molar-refractivity contribution in [2.45, 2.75) is 13.5 Å². The Labute approximate surface area is 126 Å². The number of carbonyl (C=O) groups is 2. The van der Waals surface area contributed by atoms with Crippen LogP contribution in [0.1, 0.15) is 22.8 Å². The highest BCUT2D eigenvalue weighted by molar-refractivity contribution is 6.09. The summed E-state index contributed by atoms with van der Waals surface area (Å²) in [5, 5.41) is 10.6. The first-order valence-corrected chi connectivity index (χ1v) is 6.62. The number of carbonyl (C=O) groups excluding carboxylic acids is 2. The molecule has 22 heavy (non-hydrogen) atoms. The van der Waals surface area contributed by atoms with Gasteiger partial charge in [0, 0.05) is 35.7 Å². The number of benzene rings is 1. The van der Waals surface area contributed by atoms with E-state index in [0.29, 0.717) is 17.7 Å². The van der Waals surface area contributed by atoms with E-state index in [4.69, 9.17) is 4.74 Å². The Morgan fingerprint density at radius 1 is 1.18 bits per heavy atom. The van der Waals surface area contributed by atoms with E-state index in [0.717, 1.165) is 0 Å². The summed E-state index contributed by atoms with van der Waals surface area (Å²) in [5.74, 6) is -0.648. The van der Waals surface area contributed by atoms with Gasteiger partial charge in [-0.05, 0) is 25.1 Å². The third-order valence-corrected chi connectivity index (χ3v) is 2.97. The molecule has 0 N–H and O–H groups in total. The first kappa shape index (κ1) is 15.4. The van der Waals surface area contributed by atoms with Crippen LogP contribution >= 0.6 is 0 Å². The van der Waals surface area contributed by atoms with Crippen LogP contribution in [0.15, 0.2) is 42.7 Å². The summed E-state index contributed by atoms with van der Waals surface area (Å²) < 4.78 is 6.38. The second-order valence-electron chi connectivity index (χ2n) is 4.51. The van der Waals surface area contributed by atoms with Crippen molar-refractivity contribution in [3.05, 3.63) is 64.0 Å². The van der Waals surface area contributed by atoms with E-state index in [-0.39, 0.29) is 24.0 Å². The van der Waals surface area contributed by atoms with Gasteiger partial charge in [-0.15, -0.1) is 0 Å². The molecular formula is C15H14N2O5. The monoisotopic (exact) mass is 302 g/mol. The Balaban J connectivity index is 2.11. The lowest BCUT2D eigenvalue weighted by atomic mass is 10.1. The quantitative estimate of drug-likeness (QED) is 0.353. The largest absolute Gasteiger partial charge is 0.465 e. The molecule has 7 heteroatoms. The maximum atomic E-state index is 12.3. The Bertz CT molecular complexity index is 703. The van der Waals surface area contributed by atoms with Crippen molar-refractivity contribution in [2.75, 3.05) is 6.61 Å². The van der Waals surface area contributed by atoms with Crippen LogP contribution in [-0.2, 0) is 16.1 Å². The van der Waals surface area contributed by atoms with Crippen molar-refractivity contribution in [1.29, 1.82) is 0 Å². The molecule has 0 amide bonds. The fourth-order valence-electron chi connectivity index (χ4n) is 1.93. The number of ketones is 1. The Hall–Kier alpha value is -2.96. The molecule has 0 atom stereocenters. The van der Waals surface area contributed by atoms with E-state index in [2.05, 4.69) is 0 Å². The van der Waals surface area contributed by atoms with Crippen molar-refractivity contribution in [1.82, 2.24) is 4.57 Å². The molecule has 0 saturated carbocycles. The maximum absolute atomic E-state index is 12.3. The zero-order valence-corrected chi connectivity index (χ0v) is 11.9. The number of ether oxygens (including phenoxy) is 1. The van der Waals surface area contributed by atoms with Gasteiger partial charge in [-0.3, -0.25) is 19.7 Å². The van der Waals surface area contributed by atoms with E-state index in [9.17, 15) is 19.7 Å². The fourth-order valence-corrected chi connectivity index (χ4v) is 1.93. The molecule has 2 rings (SSSR count). The van der Waals surface area contributed by atoms with E-state index in [1.165, 1.54) is 24.3 Å². The number of hydrogen-bond acceptors (Lipinski definition) is 5. The lowest BCUT2D eigenvalue weighted by Crippen LogP contribution is -2.12. The van der Waals surface area contributed by atoms with Crippen LogP contribution in [-0.4, -0.2) is 27.8 Å². The number of aromatic nitrogens is 1. The minimum Gasteiger partial charge on any atom is -0.465 e. The summed E-state index contributed by atoms with van der Waals surface area (Å²) in [4.78, 5) is 33.7. The highest BCUT2D eigenvalue weighted by Crippen LogP contribution is 2.15. The SMILES string of the molecule is CCOC(=O)Cn1ccc(C(=O)c2ccc([N+](=O)[O-])cc2)c1. The molecule has 1 heterocycles. The average Bonchev–Trinajstić information content (AvgIpc) is 2.95. The molecule has 1 aromatic heterocycles. The normalized spacial score (nSPS) is 10.2. The predicted molar refractivity (Wildman–Crippen MR) is 77.6 cm³/mol. The number of hydrogen-bond donors (Lipinski definition) is 0. The van der Waals surface area contributed by atoms with E-state index < -0.39 is 4.92 Å². The van der Waals surface area contributed by atoms with Gasteiger partial charge in [-0.25, -0.2) is 0 Å². The number of nitrogens with zero attached hydrogens (tertiary/aromatic N) is 2. The third-order valence-electron chi connectivity index (χ3n) is 2.97. The van der Waals surface area contributed by atoms with Crippen LogP contribution in [0.4, 0.5) is 5.69 Å². The van der Waals surface area contributed by atoms with Gasteiger partial charge in [0.1, 0.15) is 6.54 Å². The van der Waals surface area contributed by atoms with Gasteiger partial charge in [0.15, 0.2) is 5.78 Å². The number of esters is 1. The molecule has 0 radical (unpaired) electrons. The van der Waals surface area contributed by atoms with E-state index in [1.807, 2.05) is 0 Å². The van der Waals surface area contributed by atoms with Crippen LogP contribution in [0, 0.1) is 10.1 Å². The van der Waals surface area contributed by atoms with Gasteiger partial charge >= 0.3 is 5.97 Å². The number of nitro benzene ring substituents is 1. The van der Waals surface area contributed by atoms with Crippen LogP contribution in [0.5, 0.6) is 0 Å². The topological polar surface area (TPSA) is 91.4 Å². The molecule has 0 bridgehead atoms. The Morgan fingerprint density at radius 3 is 2.45 bits per heavy atom. The lowest BCUT2D eigenvalue weighted by Gasteiger charge is -2.02.